The Bertz CT molecular complexity index is 807. The van der Waals surface area contributed by atoms with Crippen LogP contribution in [0.3, 0.4) is 0 Å². The van der Waals surface area contributed by atoms with Gasteiger partial charge in [-0.25, -0.2) is 4.99 Å². The van der Waals surface area contributed by atoms with Gasteiger partial charge in [-0.1, -0.05) is 31.7 Å². The number of rotatable bonds is 5. The fourth-order valence-corrected chi connectivity index (χ4v) is 3.48. The van der Waals surface area contributed by atoms with Crippen LogP contribution in [0.4, 0.5) is 0 Å². The van der Waals surface area contributed by atoms with Crippen molar-refractivity contribution in [3.05, 3.63) is 54.6 Å². The molecule has 0 aliphatic heterocycles. The Morgan fingerprint density at radius 1 is 1.32 bits per heavy atom. The first-order valence-electron chi connectivity index (χ1n) is 8.93. The number of aromatic nitrogens is 2. The number of nitrogens with two attached hydrogens (primary N) is 1. The molecule has 25 heavy (non-hydrogen) atoms. The molecule has 0 atom stereocenters. The van der Waals surface area contributed by atoms with E-state index in [9.17, 15) is 0 Å². The van der Waals surface area contributed by atoms with Gasteiger partial charge in [-0.05, 0) is 49.9 Å². The highest BCUT2D eigenvalue weighted by atomic mass is 15.3. The molecule has 1 fully saturated rings. The number of hydrogen-bond acceptors (Lipinski definition) is 4. The Hall–Kier alpha value is -2.56. The molecule has 0 spiro atoms. The number of nitrogens with one attached hydrogen (secondary N) is 1. The van der Waals surface area contributed by atoms with Crippen LogP contribution in [-0.4, -0.2) is 21.5 Å². The first kappa shape index (κ1) is 17.3. The highest BCUT2D eigenvalue weighted by Crippen LogP contribution is 2.24. The Morgan fingerprint density at radius 3 is 2.76 bits per heavy atom. The molecule has 1 saturated carbocycles. The smallest absolute Gasteiger partial charge is 0.119 e. The second-order valence-corrected chi connectivity index (χ2v) is 6.89. The van der Waals surface area contributed by atoms with Gasteiger partial charge in [0, 0.05) is 18.5 Å². The van der Waals surface area contributed by atoms with Gasteiger partial charge in [0.05, 0.1) is 11.2 Å². The lowest BCUT2D eigenvalue weighted by Crippen LogP contribution is -2.31. The Balaban J connectivity index is 1.84. The maximum Gasteiger partial charge on any atom is 0.119 e. The van der Waals surface area contributed by atoms with Crippen LogP contribution < -0.4 is 11.1 Å². The van der Waals surface area contributed by atoms with Gasteiger partial charge in [0.25, 0.3) is 0 Å². The molecule has 0 radical (unpaired) electrons. The van der Waals surface area contributed by atoms with Crippen LogP contribution in [-0.2, 0) is 7.05 Å². The summed E-state index contributed by atoms with van der Waals surface area (Å²) in [6.45, 7) is 6.41. The summed E-state index contributed by atoms with van der Waals surface area (Å²) in [5, 5.41) is 9.15. The molecule has 3 rings (SSSR count). The molecule has 132 valence electrons. The van der Waals surface area contributed by atoms with E-state index in [0.29, 0.717) is 11.9 Å². The molecule has 0 saturated heterocycles. The van der Waals surface area contributed by atoms with E-state index in [-0.39, 0.29) is 0 Å². The van der Waals surface area contributed by atoms with Crippen molar-refractivity contribution < 1.29 is 0 Å². The number of aryl methyl sites for hydroxylation is 1. The summed E-state index contributed by atoms with van der Waals surface area (Å²) >= 11 is 0. The maximum absolute atomic E-state index is 5.65. The zero-order valence-corrected chi connectivity index (χ0v) is 15.1. The van der Waals surface area contributed by atoms with E-state index in [4.69, 9.17) is 5.73 Å². The SMILES string of the molecule is C=C(N=C(/C=C\N)c1nn(C)c2ccccc12)NC1CCC(C)CC1. The summed E-state index contributed by atoms with van der Waals surface area (Å²) in [5.41, 5.74) is 8.25. The Labute approximate surface area is 149 Å². The second kappa shape index (κ2) is 7.55. The monoisotopic (exact) mass is 337 g/mol. The number of aliphatic imine (C=N–C) groups is 1. The van der Waals surface area contributed by atoms with Crippen molar-refractivity contribution in [3.63, 3.8) is 0 Å². The third kappa shape index (κ3) is 3.92. The molecule has 1 aliphatic rings. The normalized spacial score (nSPS) is 21.8. The number of nitrogens with zero attached hydrogens (tertiary/aromatic N) is 3. The summed E-state index contributed by atoms with van der Waals surface area (Å²) in [4.78, 5) is 4.68. The van der Waals surface area contributed by atoms with Crippen molar-refractivity contribution in [2.75, 3.05) is 0 Å². The van der Waals surface area contributed by atoms with Crippen LogP contribution in [0.2, 0.25) is 0 Å². The quantitative estimate of drug-likeness (QED) is 0.821. The van der Waals surface area contributed by atoms with Crippen LogP contribution >= 0.6 is 0 Å². The van der Waals surface area contributed by atoms with Gasteiger partial charge < -0.3 is 11.1 Å². The molecule has 5 heteroatoms. The van der Waals surface area contributed by atoms with Crippen LogP contribution in [0.5, 0.6) is 0 Å². The molecule has 0 amide bonds. The lowest BCUT2D eigenvalue weighted by atomic mass is 9.87. The summed E-state index contributed by atoms with van der Waals surface area (Å²) < 4.78 is 1.86. The van der Waals surface area contributed by atoms with Crippen molar-refractivity contribution in [1.82, 2.24) is 15.1 Å². The van der Waals surface area contributed by atoms with Crippen molar-refractivity contribution >= 4 is 16.6 Å². The molecule has 0 unspecified atom stereocenters. The number of fused-ring (bicyclic) bond motifs is 1. The maximum atomic E-state index is 5.65. The fraction of sp³-hybridized carbons (Fsp3) is 0.400. The third-order valence-corrected chi connectivity index (χ3v) is 4.90. The minimum absolute atomic E-state index is 0.455. The van der Waals surface area contributed by atoms with E-state index in [2.05, 4.69) is 35.0 Å². The van der Waals surface area contributed by atoms with Gasteiger partial charge in [-0.3, -0.25) is 4.68 Å². The Morgan fingerprint density at radius 2 is 2.04 bits per heavy atom. The van der Waals surface area contributed by atoms with E-state index in [1.165, 1.54) is 31.9 Å². The molecule has 2 aromatic rings. The van der Waals surface area contributed by atoms with Crippen molar-refractivity contribution in [1.29, 1.82) is 0 Å². The molecular formula is C20H27N5. The van der Waals surface area contributed by atoms with E-state index in [1.807, 2.05) is 29.9 Å². The summed E-state index contributed by atoms with van der Waals surface area (Å²) in [5.74, 6) is 1.49. The number of allylic oxidation sites excluding steroid dienone is 1. The topological polar surface area (TPSA) is 68.2 Å². The summed E-state index contributed by atoms with van der Waals surface area (Å²) in [6, 6.07) is 8.57. The zero-order chi connectivity index (χ0) is 17.8. The van der Waals surface area contributed by atoms with Crippen molar-refractivity contribution in [2.45, 2.75) is 38.6 Å². The van der Waals surface area contributed by atoms with Crippen LogP contribution in [0.15, 0.2) is 53.9 Å². The number of hydrogen-bond donors (Lipinski definition) is 2. The van der Waals surface area contributed by atoms with E-state index in [0.717, 1.165) is 28.2 Å². The summed E-state index contributed by atoms with van der Waals surface area (Å²) in [7, 11) is 1.94. The third-order valence-electron chi connectivity index (χ3n) is 4.90. The lowest BCUT2D eigenvalue weighted by molar-refractivity contribution is 0.321. The minimum atomic E-state index is 0.455. The van der Waals surface area contributed by atoms with Crippen molar-refractivity contribution in [2.24, 2.45) is 23.7 Å². The standard InChI is InChI=1S/C20H27N5/c1-14-8-10-16(11-9-14)22-15(2)23-18(12-13-21)20-17-6-4-5-7-19(17)25(3)24-20/h4-7,12-14,16,22H,2,8-11,21H2,1,3H3/b13-12-,23-18?. The molecule has 1 aromatic carbocycles. The van der Waals surface area contributed by atoms with Crippen LogP contribution in [0.25, 0.3) is 10.9 Å². The molecule has 5 nitrogen and oxygen atoms in total. The highest BCUT2D eigenvalue weighted by Gasteiger charge is 2.18. The molecule has 0 bridgehead atoms. The van der Waals surface area contributed by atoms with Crippen LogP contribution in [0.1, 0.15) is 38.3 Å². The second-order valence-electron chi connectivity index (χ2n) is 6.89. The van der Waals surface area contributed by atoms with Crippen molar-refractivity contribution in [3.8, 4) is 0 Å². The van der Waals surface area contributed by atoms with Crippen LogP contribution in [0, 0.1) is 5.92 Å². The van der Waals surface area contributed by atoms with E-state index >= 15 is 0 Å². The predicted octanol–water partition coefficient (Wildman–Crippen LogP) is 3.47. The first-order valence-corrected chi connectivity index (χ1v) is 8.93. The first-order chi connectivity index (χ1) is 12.1. The van der Waals surface area contributed by atoms with Gasteiger partial charge >= 0.3 is 0 Å². The lowest BCUT2D eigenvalue weighted by Gasteiger charge is -2.27. The van der Waals surface area contributed by atoms with Gasteiger partial charge in [0.2, 0.25) is 0 Å². The zero-order valence-electron chi connectivity index (χ0n) is 15.1. The molecule has 1 aliphatic carbocycles. The van der Waals surface area contributed by atoms with E-state index < -0.39 is 0 Å². The average Bonchev–Trinajstić information content (AvgIpc) is 2.94. The highest BCUT2D eigenvalue weighted by molar-refractivity contribution is 6.15. The molecule has 1 heterocycles. The molecule has 1 aromatic heterocycles. The summed E-state index contributed by atoms with van der Waals surface area (Å²) in [6.07, 6.45) is 8.14. The van der Waals surface area contributed by atoms with Gasteiger partial charge in [-0.15, -0.1) is 0 Å². The largest absolute Gasteiger partial charge is 0.405 e. The number of benzene rings is 1. The number of para-hydroxylation sites is 1. The molecule has 3 N–H and O–H groups in total. The average molecular weight is 337 g/mol. The minimum Gasteiger partial charge on any atom is -0.405 e. The predicted molar refractivity (Wildman–Crippen MR) is 104 cm³/mol. The van der Waals surface area contributed by atoms with Gasteiger partial charge in [-0.2, -0.15) is 5.10 Å². The van der Waals surface area contributed by atoms with Gasteiger partial charge in [0.15, 0.2) is 0 Å². The van der Waals surface area contributed by atoms with Gasteiger partial charge in [0.1, 0.15) is 11.5 Å². The van der Waals surface area contributed by atoms with E-state index in [1.54, 1.807) is 6.08 Å². The Kier molecular flexibility index (Phi) is 5.22. The molecular weight excluding hydrogens is 310 g/mol. The fourth-order valence-electron chi connectivity index (χ4n) is 3.48.